The average Bonchev–Trinajstić information content (AvgIpc) is 3.03. The van der Waals surface area contributed by atoms with E-state index in [-0.39, 0.29) is 12.0 Å². The smallest absolute Gasteiger partial charge is 0.475 e. The quantitative estimate of drug-likeness (QED) is 0.673. The van der Waals surface area contributed by atoms with Crippen LogP contribution in [0.5, 0.6) is 0 Å². The molecule has 1 aliphatic rings. The highest BCUT2D eigenvalue weighted by Gasteiger charge is 2.38. The number of carboxylic acid groups (broad SMARTS) is 1. The number of aryl methyl sites for hydroxylation is 1. The molecule has 1 unspecified atom stereocenters. The van der Waals surface area contributed by atoms with Gasteiger partial charge in [0.05, 0.1) is 18.7 Å². The second-order valence-corrected chi connectivity index (χ2v) is 5.75. The monoisotopic (exact) mass is 398 g/mol. The molecule has 0 saturated heterocycles. The summed E-state index contributed by atoms with van der Waals surface area (Å²) >= 11 is 0. The van der Waals surface area contributed by atoms with Crippen molar-refractivity contribution >= 4 is 23.7 Å². The van der Waals surface area contributed by atoms with Crippen LogP contribution in [0.2, 0.25) is 0 Å². The van der Waals surface area contributed by atoms with Gasteiger partial charge in [0, 0.05) is 6.20 Å². The summed E-state index contributed by atoms with van der Waals surface area (Å²) in [5, 5.41) is 10.4. The van der Waals surface area contributed by atoms with Gasteiger partial charge in [-0.3, -0.25) is 0 Å². The largest absolute Gasteiger partial charge is 0.490 e. The lowest BCUT2D eigenvalue weighted by Gasteiger charge is -2.14. The molecular formula is C17H17F3N4O4. The van der Waals surface area contributed by atoms with Gasteiger partial charge in [-0.1, -0.05) is 6.07 Å². The standard InChI is InChI=1S/C15H16N4O2.C2HF3O2/c1-21-14(20)10-2-4-11-9(8-10)3-5-12(11)18-15-17-7-6-13(16)19-15;3-2(4,5)1(6)7/h2,4,6-8,12H,3,5H2,1H3,(H3,16,17,18,19);(H,6,7). The maximum atomic E-state index is 11.6. The minimum Gasteiger partial charge on any atom is -0.475 e. The topological polar surface area (TPSA) is 127 Å². The summed E-state index contributed by atoms with van der Waals surface area (Å²) in [4.78, 5) is 28.8. The predicted octanol–water partition coefficient (Wildman–Crippen LogP) is 2.58. The summed E-state index contributed by atoms with van der Waals surface area (Å²) in [6.07, 6.45) is -1.63. The molecule has 0 fully saturated rings. The second-order valence-electron chi connectivity index (χ2n) is 5.75. The molecular weight excluding hydrogens is 381 g/mol. The average molecular weight is 398 g/mol. The fraction of sp³-hybridized carbons (Fsp3) is 0.294. The molecule has 0 radical (unpaired) electrons. The van der Waals surface area contributed by atoms with Gasteiger partial charge in [-0.2, -0.15) is 18.2 Å². The number of carboxylic acids is 1. The van der Waals surface area contributed by atoms with Crippen molar-refractivity contribution in [3.63, 3.8) is 0 Å². The van der Waals surface area contributed by atoms with Crippen LogP contribution in [-0.2, 0) is 16.0 Å². The lowest BCUT2D eigenvalue weighted by atomic mass is 10.0. The molecule has 1 aromatic carbocycles. The van der Waals surface area contributed by atoms with Crippen LogP contribution in [0.4, 0.5) is 24.9 Å². The van der Waals surface area contributed by atoms with Crippen LogP contribution in [-0.4, -0.2) is 40.3 Å². The van der Waals surface area contributed by atoms with Crippen LogP contribution in [0.3, 0.4) is 0 Å². The number of halogens is 3. The number of carbonyl (C=O) groups excluding carboxylic acids is 1. The first-order valence-corrected chi connectivity index (χ1v) is 7.98. The first-order valence-electron chi connectivity index (χ1n) is 7.98. The number of methoxy groups -OCH3 is 1. The Labute approximate surface area is 157 Å². The number of fused-ring (bicyclic) bond motifs is 1. The molecule has 28 heavy (non-hydrogen) atoms. The third-order valence-corrected chi connectivity index (χ3v) is 3.86. The number of nitrogen functional groups attached to an aromatic ring is 1. The SMILES string of the molecule is COC(=O)c1ccc2c(c1)CCC2Nc1nccc(N)n1.O=C(O)C(F)(F)F. The van der Waals surface area contributed by atoms with Gasteiger partial charge in [0.15, 0.2) is 0 Å². The summed E-state index contributed by atoms with van der Waals surface area (Å²) in [6, 6.07) is 7.41. The predicted molar refractivity (Wildman–Crippen MR) is 92.6 cm³/mol. The Morgan fingerprint density at radius 3 is 2.57 bits per heavy atom. The van der Waals surface area contributed by atoms with Crippen molar-refractivity contribution in [3.05, 3.63) is 47.2 Å². The van der Waals surface area contributed by atoms with Crippen LogP contribution in [0.1, 0.15) is 33.9 Å². The van der Waals surface area contributed by atoms with Crippen LogP contribution in [0.25, 0.3) is 0 Å². The third kappa shape index (κ3) is 5.32. The maximum absolute atomic E-state index is 11.6. The summed E-state index contributed by atoms with van der Waals surface area (Å²) in [7, 11) is 1.39. The van der Waals surface area contributed by atoms with Gasteiger partial charge in [-0.15, -0.1) is 0 Å². The Morgan fingerprint density at radius 1 is 1.32 bits per heavy atom. The van der Waals surface area contributed by atoms with E-state index in [2.05, 4.69) is 15.3 Å². The van der Waals surface area contributed by atoms with Gasteiger partial charge < -0.3 is 20.9 Å². The summed E-state index contributed by atoms with van der Waals surface area (Å²) in [5.41, 5.74) is 8.55. The van der Waals surface area contributed by atoms with Crippen LogP contribution < -0.4 is 11.1 Å². The Hall–Kier alpha value is -3.37. The molecule has 2 aromatic rings. The van der Waals surface area contributed by atoms with Crippen molar-refractivity contribution in [1.29, 1.82) is 0 Å². The van der Waals surface area contributed by atoms with Gasteiger partial charge in [0.1, 0.15) is 5.82 Å². The highest BCUT2D eigenvalue weighted by Crippen LogP contribution is 2.33. The summed E-state index contributed by atoms with van der Waals surface area (Å²) < 4.78 is 36.5. The number of nitrogens with two attached hydrogens (primary N) is 1. The van der Waals surface area contributed by atoms with E-state index in [0.29, 0.717) is 17.3 Å². The van der Waals surface area contributed by atoms with Crippen molar-refractivity contribution in [2.45, 2.75) is 25.1 Å². The Bertz CT molecular complexity index is 874. The van der Waals surface area contributed by atoms with Crippen molar-refractivity contribution in [2.24, 2.45) is 0 Å². The molecule has 1 heterocycles. The minimum atomic E-state index is -5.08. The number of anilines is 2. The number of aromatic nitrogens is 2. The van der Waals surface area contributed by atoms with E-state index in [1.165, 1.54) is 7.11 Å². The van der Waals surface area contributed by atoms with Crippen molar-refractivity contribution in [2.75, 3.05) is 18.2 Å². The molecule has 0 saturated carbocycles. The Kier molecular flexibility index (Phi) is 6.39. The normalized spacial score (nSPS) is 15.1. The fourth-order valence-electron chi connectivity index (χ4n) is 2.61. The molecule has 0 aliphatic heterocycles. The molecule has 11 heteroatoms. The Balaban J connectivity index is 0.000000345. The number of nitrogens with one attached hydrogen (secondary N) is 1. The number of rotatable bonds is 3. The number of carbonyl (C=O) groups is 2. The molecule has 3 rings (SSSR count). The molecule has 0 spiro atoms. The highest BCUT2D eigenvalue weighted by molar-refractivity contribution is 5.89. The summed E-state index contributed by atoms with van der Waals surface area (Å²) in [6.45, 7) is 0. The van der Waals surface area contributed by atoms with E-state index >= 15 is 0 Å². The van der Waals surface area contributed by atoms with Gasteiger partial charge in [-0.25, -0.2) is 14.6 Å². The molecule has 8 nitrogen and oxygen atoms in total. The highest BCUT2D eigenvalue weighted by atomic mass is 19.4. The van der Waals surface area contributed by atoms with Crippen LogP contribution in [0.15, 0.2) is 30.5 Å². The summed E-state index contributed by atoms with van der Waals surface area (Å²) in [5.74, 6) is -2.11. The van der Waals surface area contributed by atoms with Crippen molar-refractivity contribution < 1.29 is 32.6 Å². The number of esters is 1. The zero-order valence-electron chi connectivity index (χ0n) is 14.7. The maximum Gasteiger partial charge on any atom is 0.490 e. The van der Waals surface area contributed by atoms with Gasteiger partial charge in [0.25, 0.3) is 0 Å². The second kappa shape index (κ2) is 8.55. The number of ether oxygens (including phenoxy) is 1. The molecule has 1 atom stereocenters. The number of hydrogen-bond acceptors (Lipinski definition) is 7. The van der Waals surface area contributed by atoms with E-state index in [4.69, 9.17) is 20.4 Å². The molecule has 0 amide bonds. The lowest BCUT2D eigenvalue weighted by Crippen LogP contribution is -2.21. The lowest BCUT2D eigenvalue weighted by molar-refractivity contribution is -0.192. The zero-order valence-corrected chi connectivity index (χ0v) is 14.7. The number of alkyl halides is 3. The number of nitrogens with zero attached hydrogens (tertiary/aromatic N) is 2. The van der Waals surface area contributed by atoms with E-state index in [1.807, 2.05) is 12.1 Å². The minimum absolute atomic E-state index is 0.133. The van der Waals surface area contributed by atoms with E-state index in [1.54, 1.807) is 18.3 Å². The number of hydrogen-bond donors (Lipinski definition) is 3. The molecule has 1 aromatic heterocycles. The Morgan fingerprint density at radius 2 is 2.00 bits per heavy atom. The van der Waals surface area contributed by atoms with E-state index < -0.39 is 12.1 Å². The fourth-order valence-corrected chi connectivity index (χ4v) is 2.61. The molecule has 0 bridgehead atoms. The molecule has 4 N–H and O–H groups in total. The van der Waals surface area contributed by atoms with Crippen LogP contribution >= 0.6 is 0 Å². The number of benzene rings is 1. The third-order valence-electron chi connectivity index (χ3n) is 3.86. The zero-order chi connectivity index (χ0) is 20.9. The first-order chi connectivity index (χ1) is 13.1. The van der Waals surface area contributed by atoms with Gasteiger partial charge >= 0.3 is 18.1 Å². The van der Waals surface area contributed by atoms with Crippen molar-refractivity contribution in [1.82, 2.24) is 9.97 Å². The van der Waals surface area contributed by atoms with E-state index in [9.17, 15) is 18.0 Å². The van der Waals surface area contributed by atoms with Crippen LogP contribution in [0, 0.1) is 0 Å². The molecule has 1 aliphatic carbocycles. The van der Waals surface area contributed by atoms with Gasteiger partial charge in [-0.05, 0) is 42.2 Å². The van der Waals surface area contributed by atoms with E-state index in [0.717, 1.165) is 24.0 Å². The van der Waals surface area contributed by atoms with Crippen molar-refractivity contribution in [3.8, 4) is 0 Å². The first kappa shape index (κ1) is 20.9. The molecule has 150 valence electrons. The van der Waals surface area contributed by atoms with Gasteiger partial charge in [0.2, 0.25) is 5.95 Å². The number of aliphatic carboxylic acids is 1.